The number of alkyl halides is 3. The molecular formula is C30H30F3N7O. The highest BCUT2D eigenvalue weighted by molar-refractivity contribution is 5.98. The number of rotatable bonds is 5. The van der Waals surface area contributed by atoms with Gasteiger partial charge in [0.1, 0.15) is 17.8 Å². The van der Waals surface area contributed by atoms with Crippen molar-refractivity contribution in [3.63, 3.8) is 0 Å². The Balaban J connectivity index is 1.37. The number of aryl methyl sites for hydroxylation is 2. The van der Waals surface area contributed by atoms with Gasteiger partial charge in [-0.2, -0.15) is 18.3 Å². The van der Waals surface area contributed by atoms with Gasteiger partial charge in [-0.05, 0) is 48.7 Å². The molecule has 212 valence electrons. The van der Waals surface area contributed by atoms with E-state index in [4.69, 9.17) is 5.73 Å². The molecule has 0 atom stereocenters. The molecule has 0 radical (unpaired) electrons. The predicted octanol–water partition coefficient (Wildman–Crippen LogP) is 3.85. The van der Waals surface area contributed by atoms with Crippen LogP contribution < -0.4 is 5.73 Å². The second-order valence-electron chi connectivity index (χ2n) is 10.4. The molecule has 0 saturated carbocycles. The van der Waals surface area contributed by atoms with E-state index < -0.39 is 17.5 Å². The topological polar surface area (TPSA) is 93.2 Å². The summed E-state index contributed by atoms with van der Waals surface area (Å²) >= 11 is 0. The van der Waals surface area contributed by atoms with Crippen molar-refractivity contribution in [2.75, 3.05) is 39.0 Å². The minimum Gasteiger partial charge on any atom is -0.383 e. The Morgan fingerprint density at radius 1 is 1.02 bits per heavy atom. The van der Waals surface area contributed by atoms with E-state index in [-0.39, 0.29) is 29.9 Å². The van der Waals surface area contributed by atoms with Crippen LogP contribution in [-0.4, -0.2) is 68.6 Å². The first-order valence-electron chi connectivity index (χ1n) is 13.2. The molecule has 3 heterocycles. The highest BCUT2D eigenvalue weighted by atomic mass is 19.4. The minimum atomic E-state index is -4.56. The van der Waals surface area contributed by atoms with Crippen molar-refractivity contribution in [1.82, 2.24) is 29.5 Å². The van der Waals surface area contributed by atoms with Gasteiger partial charge in [-0.3, -0.25) is 9.69 Å². The lowest BCUT2D eigenvalue weighted by molar-refractivity contribution is -0.138. The summed E-state index contributed by atoms with van der Waals surface area (Å²) in [4.78, 5) is 25.5. The summed E-state index contributed by atoms with van der Waals surface area (Å²) in [5.74, 6) is 5.99. The number of carbonyl (C=O) groups excluding carboxylic acids is 1. The zero-order chi connectivity index (χ0) is 29.3. The minimum absolute atomic E-state index is 0.0306. The van der Waals surface area contributed by atoms with Crippen LogP contribution in [0.25, 0.3) is 11.0 Å². The normalized spacial score (nSPS) is 14.7. The average Bonchev–Trinajstić information content (AvgIpc) is 3.26. The van der Waals surface area contributed by atoms with Gasteiger partial charge >= 0.3 is 6.18 Å². The first kappa shape index (κ1) is 28.3. The van der Waals surface area contributed by atoms with Crippen molar-refractivity contribution >= 4 is 22.6 Å². The number of anilines is 1. The fraction of sp³-hybridized carbons (Fsp3) is 0.333. The third-order valence-corrected chi connectivity index (χ3v) is 7.36. The molecule has 1 aliphatic heterocycles. The summed E-state index contributed by atoms with van der Waals surface area (Å²) < 4.78 is 43.6. The number of Topliss-reactive ketones (excluding diaryl/α,β-unsaturated/α-hetero) is 1. The number of carbonyl (C=O) groups is 1. The number of ketones is 1. The summed E-state index contributed by atoms with van der Waals surface area (Å²) in [6, 6.07) is 9.32. The molecule has 1 aliphatic rings. The molecule has 8 nitrogen and oxygen atoms in total. The molecule has 1 fully saturated rings. The number of nitrogens with two attached hydrogens (primary N) is 1. The zero-order valence-electron chi connectivity index (χ0n) is 23.1. The fourth-order valence-corrected chi connectivity index (χ4v) is 4.92. The number of fused-ring (bicyclic) bond motifs is 1. The molecule has 0 bridgehead atoms. The molecule has 11 heteroatoms. The Kier molecular flexibility index (Phi) is 7.80. The highest BCUT2D eigenvalue weighted by Gasteiger charge is 2.34. The van der Waals surface area contributed by atoms with Crippen LogP contribution in [-0.2, 0) is 26.2 Å². The van der Waals surface area contributed by atoms with Crippen molar-refractivity contribution < 1.29 is 18.0 Å². The van der Waals surface area contributed by atoms with Crippen molar-refractivity contribution in [1.29, 1.82) is 0 Å². The number of piperazine rings is 1. The lowest BCUT2D eigenvalue weighted by atomic mass is 9.96. The van der Waals surface area contributed by atoms with Crippen molar-refractivity contribution in [2.45, 2.75) is 26.1 Å². The molecule has 1 saturated heterocycles. The first-order valence-corrected chi connectivity index (χ1v) is 13.2. The summed E-state index contributed by atoms with van der Waals surface area (Å²) in [6.07, 6.45) is -3.26. The Hall–Kier alpha value is -4.27. The van der Waals surface area contributed by atoms with Gasteiger partial charge in [-0.15, -0.1) is 0 Å². The van der Waals surface area contributed by atoms with E-state index in [1.165, 1.54) is 18.5 Å². The maximum atomic E-state index is 14.0. The molecule has 2 N–H and O–H groups in total. The van der Waals surface area contributed by atoms with Crippen LogP contribution >= 0.6 is 0 Å². The number of nitrogen functional groups attached to an aromatic ring is 1. The third kappa shape index (κ3) is 6.24. The summed E-state index contributed by atoms with van der Waals surface area (Å²) in [5, 5.41) is 4.95. The van der Waals surface area contributed by atoms with Crippen molar-refractivity contribution in [2.24, 2.45) is 7.05 Å². The van der Waals surface area contributed by atoms with Gasteiger partial charge in [0.25, 0.3) is 0 Å². The largest absolute Gasteiger partial charge is 0.416 e. The van der Waals surface area contributed by atoms with Gasteiger partial charge in [0.05, 0.1) is 10.9 Å². The molecule has 5 rings (SSSR count). The maximum Gasteiger partial charge on any atom is 0.416 e. The number of benzene rings is 2. The van der Waals surface area contributed by atoms with E-state index in [2.05, 4.69) is 31.8 Å². The number of nitrogens with zero attached hydrogens (tertiary/aromatic N) is 6. The second kappa shape index (κ2) is 11.3. The molecule has 0 unspecified atom stereocenters. The number of halogens is 3. The monoisotopic (exact) mass is 561 g/mol. The lowest BCUT2D eigenvalue weighted by Crippen LogP contribution is -2.44. The first-order chi connectivity index (χ1) is 19.5. The molecular weight excluding hydrogens is 531 g/mol. The van der Waals surface area contributed by atoms with Crippen molar-refractivity contribution in [3.8, 4) is 11.8 Å². The summed E-state index contributed by atoms with van der Waals surface area (Å²) in [5.41, 5.74) is 8.65. The molecule has 41 heavy (non-hydrogen) atoms. The van der Waals surface area contributed by atoms with Gasteiger partial charge in [0.15, 0.2) is 11.4 Å². The SMILES string of the molecule is Cc1ccc(CC(=O)c2ccc(CN3CCN(C)CC3)c(C(F)(F)F)c2)cc1C#Cc1nn(C)c2ncnc(N)c12. The van der Waals surface area contributed by atoms with Crippen LogP contribution in [0.2, 0.25) is 0 Å². The van der Waals surface area contributed by atoms with Crippen LogP contribution in [0.15, 0.2) is 42.7 Å². The number of aromatic nitrogens is 4. The molecule has 0 aliphatic carbocycles. The predicted molar refractivity (Wildman–Crippen MR) is 150 cm³/mol. The van der Waals surface area contributed by atoms with E-state index in [0.717, 1.165) is 24.7 Å². The maximum absolute atomic E-state index is 14.0. The second-order valence-corrected chi connectivity index (χ2v) is 10.4. The quantitative estimate of drug-likeness (QED) is 0.292. The Labute approximate surface area is 236 Å². The number of hydrogen-bond acceptors (Lipinski definition) is 7. The highest BCUT2D eigenvalue weighted by Crippen LogP contribution is 2.34. The van der Waals surface area contributed by atoms with Crippen LogP contribution in [0.3, 0.4) is 0 Å². The van der Waals surface area contributed by atoms with Gasteiger partial charge in [-0.25, -0.2) is 14.6 Å². The zero-order valence-corrected chi connectivity index (χ0v) is 23.1. The van der Waals surface area contributed by atoms with Gasteiger partial charge in [0.2, 0.25) is 0 Å². The summed E-state index contributed by atoms with van der Waals surface area (Å²) in [6.45, 7) is 5.10. The van der Waals surface area contributed by atoms with Gasteiger partial charge in [0, 0.05) is 57.3 Å². The van der Waals surface area contributed by atoms with E-state index in [1.54, 1.807) is 23.9 Å². The number of hydrogen-bond donors (Lipinski definition) is 1. The van der Waals surface area contributed by atoms with Crippen LogP contribution in [0.5, 0.6) is 0 Å². The molecule has 2 aromatic heterocycles. The van der Waals surface area contributed by atoms with Gasteiger partial charge < -0.3 is 10.6 Å². The fourth-order valence-electron chi connectivity index (χ4n) is 4.92. The molecule has 4 aromatic rings. The average molecular weight is 562 g/mol. The van der Waals surface area contributed by atoms with Crippen LogP contribution in [0.4, 0.5) is 19.0 Å². The molecule has 0 spiro atoms. The van der Waals surface area contributed by atoms with E-state index in [1.807, 2.05) is 24.9 Å². The van der Waals surface area contributed by atoms with E-state index in [9.17, 15) is 18.0 Å². The van der Waals surface area contributed by atoms with Gasteiger partial charge in [-0.1, -0.05) is 30.2 Å². The standard InChI is InChI=1S/C30H30F3N7O/c1-19-4-5-20(14-21(19)8-9-25-27-28(34)35-18-36-29(27)39(3)37-25)15-26(41)22-6-7-23(24(16-22)30(31,32)33)17-40-12-10-38(2)11-13-40/h4-7,14,16,18H,10-13,15,17H2,1-3H3,(H2,34,35,36). The molecule has 2 aromatic carbocycles. The lowest BCUT2D eigenvalue weighted by Gasteiger charge is -2.33. The smallest absolute Gasteiger partial charge is 0.383 e. The summed E-state index contributed by atoms with van der Waals surface area (Å²) in [7, 11) is 3.73. The Morgan fingerprint density at radius 2 is 1.78 bits per heavy atom. The Bertz CT molecular complexity index is 1680. The third-order valence-electron chi connectivity index (χ3n) is 7.36. The molecule has 0 amide bonds. The van der Waals surface area contributed by atoms with Crippen LogP contribution in [0, 0.1) is 18.8 Å². The Morgan fingerprint density at radius 3 is 2.51 bits per heavy atom. The van der Waals surface area contributed by atoms with E-state index in [0.29, 0.717) is 40.9 Å². The van der Waals surface area contributed by atoms with Crippen LogP contribution in [0.1, 0.15) is 43.9 Å². The number of likely N-dealkylation sites (N-methyl/N-ethyl adjacent to an activating group) is 1. The van der Waals surface area contributed by atoms with E-state index >= 15 is 0 Å². The van der Waals surface area contributed by atoms with Crippen molar-refractivity contribution in [3.05, 3.63) is 81.8 Å².